The fourth-order valence-corrected chi connectivity index (χ4v) is 3.26. The van der Waals surface area contributed by atoms with Crippen LogP contribution in [0.1, 0.15) is 23.8 Å². The van der Waals surface area contributed by atoms with E-state index < -0.39 is 0 Å². The Morgan fingerprint density at radius 2 is 2.22 bits per heavy atom. The summed E-state index contributed by atoms with van der Waals surface area (Å²) in [5.41, 5.74) is 8.93. The number of aromatic amines is 1. The molecule has 2 heterocycles. The van der Waals surface area contributed by atoms with Crippen LogP contribution >= 0.6 is 11.3 Å². The Morgan fingerprint density at radius 1 is 1.33 bits per heavy atom. The first-order valence-corrected chi connectivity index (χ1v) is 6.82. The zero-order chi connectivity index (χ0) is 12.1. The highest BCUT2D eigenvalue weighted by Crippen LogP contribution is 2.43. The maximum atomic E-state index is 5.84. The van der Waals surface area contributed by atoms with Gasteiger partial charge >= 0.3 is 0 Å². The first-order chi connectivity index (χ1) is 8.81. The van der Waals surface area contributed by atoms with Crippen LogP contribution in [0, 0.1) is 0 Å². The third-order valence-corrected chi connectivity index (χ3v) is 4.51. The van der Waals surface area contributed by atoms with Gasteiger partial charge in [0.25, 0.3) is 0 Å². The third-order valence-electron chi connectivity index (χ3n) is 3.31. The second kappa shape index (κ2) is 3.55. The highest BCUT2D eigenvalue weighted by atomic mass is 32.1. The van der Waals surface area contributed by atoms with E-state index in [-0.39, 0.29) is 0 Å². The molecule has 1 aromatic carbocycles. The van der Waals surface area contributed by atoms with Gasteiger partial charge < -0.3 is 5.73 Å². The van der Waals surface area contributed by atoms with Gasteiger partial charge in [-0.15, -0.1) is 11.3 Å². The van der Waals surface area contributed by atoms with Gasteiger partial charge in [-0.25, -0.2) is 4.98 Å². The number of nitrogens with one attached hydrogen (secondary N) is 1. The summed E-state index contributed by atoms with van der Waals surface area (Å²) in [7, 11) is 0. The van der Waals surface area contributed by atoms with Crippen molar-refractivity contribution in [1.29, 1.82) is 0 Å². The minimum Gasteiger partial charge on any atom is -0.384 e. The number of nitrogens with two attached hydrogens (primary N) is 1. The van der Waals surface area contributed by atoms with Crippen LogP contribution in [0.2, 0.25) is 0 Å². The average molecular weight is 256 g/mol. The molecule has 18 heavy (non-hydrogen) atoms. The van der Waals surface area contributed by atoms with Crippen molar-refractivity contribution < 1.29 is 0 Å². The molecule has 0 unspecified atom stereocenters. The van der Waals surface area contributed by atoms with E-state index in [2.05, 4.69) is 28.4 Å². The second-order valence-electron chi connectivity index (χ2n) is 4.71. The van der Waals surface area contributed by atoms with Gasteiger partial charge in [0.1, 0.15) is 5.82 Å². The Kier molecular flexibility index (Phi) is 1.99. The summed E-state index contributed by atoms with van der Waals surface area (Å²) in [4.78, 5) is 4.72. The van der Waals surface area contributed by atoms with Crippen LogP contribution < -0.4 is 5.73 Å². The topological polar surface area (TPSA) is 67.6 Å². The van der Waals surface area contributed by atoms with Gasteiger partial charge in [0, 0.05) is 11.5 Å². The van der Waals surface area contributed by atoms with E-state index in [1.165, 1.54) is 22.5 Å². The van der Waals surface area contributed by atoms with Crippen LogP contribution in [-0.2, 0) is 0 Å². The molecule has 0 aliphatic heterocycles. The smallest absolute Gasteiger partial charge is 0.126 e. The first-order valence-electron chi connectivity index (χ1n) is 6.01. The van der Waals surface area contributed by atoms with E-state index in [0.717, 1.165) is 16.6 Å². The quantitative estimate of drug-likeness (QED) is 0.740. The van der Waals surface area contributed by atoms with Crippen LogP contribution in [0.4, 0.5) is 5.82 Å². The number of anilines is 1. The van der Waals surface area contributed by atoms with E-state index in [9.17, 15) is 0 Å². The van der Waals surface area contributed by atoms with E-state index in [1.807, 2.05) is 11.3 Å². The van der Waals surface area contributed by atoms with Crippen molar-refractivity contribution in [1.82, 2.24) is 15.2 Å². The number of hydrogen-bond donors (Lipinski definition) is 2. The molecule has 1 aliphatic carbocycles. The number of nitrogen functional groups attached to an aromatic ring is 1. The van der Waals surface area contributed by atoms with Gasteiger partial charge in [0.05, 0.1) is 21.4 Å². The highest BCUT2D eigenvalue weighted by molar-refractivity contribution is 7.18. The Bertz CT molecular complexity index is 724. The summed E-state index contributed by atoms with van der Waals surface area (Å²) in [6, 6.07) is 6.30. The van der Waals surface area contributed by atoms with Crippen LogP contribution in [0.3, 0.4) is 0 Å². The number of hydrogen-bond acceptors (Lipinski definition) is 4. The number of rotatable bonds is 2. The molecule has 0 bridgehead atoms. The highest BCUT2D eigenvalue weighted by Gasteiger charge is 2.27. The molecule has 5 heteroatoms. The Labute approximate surface area is 108 Å². The molecule has 0 radical (unpaired) electrons. The molecule has 90 valence electrons. The summed E-state index contributed by atoms with van der Waals surface area (Å²) in [5, 5.41) is 7.99. The molecule has 1 aliphatic rings. The number of nitrogens with zero attached hydrogens (tertiary/aromatic N) is 2. The third kappa shape index (κ3) is 1.51. The van der Waals surface area contributed by atoms with Crippen molar-refractivity contribution in [3.05, 3.63) is 29.4 Å². The number of fused-ring (bicyclic) bond motifs is 1. The zero-order valence-electron chi connectivity index (χ0n) is 9.68. The maximum absolute atomic E-state index is 5.84. The lowest BCUT2D eigenvalue weighted by molar-refractivity contribution is 1.10. The predicted octanol–water partition coefficient (Wildman–Crippen LogP) is 3.15. The monoisotopic (exact) mass is 256 g/mol. The van der Waals surface area contributed by atoms with Gasteiger partial charge in [-0.3, -0.25) is 5.10 Å². The van der Waals surface area contributed by atoms with Gasteiger partial charge in [0.15, 0.2) is 0 Å². The summed E-state index contributed by atoms with van der Waals surface area (Å²) in [5.74, 6) is 1.32. The Morgan fingerprint density at radius 3 is 2.94 bits per heavy atom. The number of benzene rings is 1. The van der Waals surface area contributed by atoms with E-state index in [0.29, 0.717) is 11.7 Å². The van der Waals surface area contributed by atoms with Crippen molar-refractivity contribution in [2.75, 3.05) is 5.73 Å². The predicted molar refractivity (Wildman–Crippen MR) is 73.6 cm³/mol. The lowest BCUT2D eigenvalue weighted by atomic mass is 10.1. The molecule has 0 saturated heterocycles. The van der Waals surface area contributed by atoms with Crippen molar-refractivity contribution in [2.24, 2.45) is 0 Å². The van der Waals surface area contributed by atoms with Crippen molar-refractivity contribution in [3.63, 3.8) is 0 Å². The molecule has 0 atom stereocenters. The Hall–Kier alpha value is -1.88. The minimum absolute atomic E-state index is 0.604. The number of H-pyrrole nitrogens is 1. The minimum atomic E-state index is 0.604. The van der Waals surface area contributed by atoms with Crippen molar-refractivity contribution in [3.8, 4) is 11.1 Å². The van der Waals surface area contributed by atoms with Crippen molar-refractivity contribution >= 4 is 27.4 Å². The second-order valence-corrected chi connectivity index (χ2v) is 5.77. The van der Waals surface area contributed by atoms with Crippen LogP contribution in [0.5, 0.6) is 0 Å². The normalized spacial score (nSPS) is 15.3. The molecular formula is C13H12N4S. The molecule has 3 N–H and O–H groups in total. The fourth-order valence-electron chi connectivity index (χ4n) is 2.14. The molecule has 1 saturated carbocycles. The molecule has 4 rings (SSSR count). The standard InChI is InChI=1S/C13H12N4S/c14-12-9(6-15-17-12)8-3-4-11-10(5-8)16-13(18-11)7-1-2-7/h3-7H,1-2H2,(H3,14,15,17). The molecule has 3 aromatic rings. The van der Waals surface area contributed by atoms with Gasteiger partial charge in [-0.2, -0.15) is 5.10 Å². The first kappa shape index (κ1) is 10.1. The average Bonchev–Trinajstić information content (AvgIpc) is 3.00. The lowest BCUT2D eigenvalue weighted by Gasteiger charge is -1.98. The molecule has 1 fully saturated rings. The maximum Gasteiger partial charge on any atom is 0.126 e. The van der Waals surface area contributed by atoms with E-state index in [4.69, 9.17) is 10.7 Å². The van der Waals surface area contributed by atoms with Crippen molar-refractivity contribution in [2.45, 2.75) is 18.8 Å². The van der Waals surface area contributed by atoms with E-state index >= 15 is 0 Å². The molecule has 0 spiro atoms. The molecule has 0 amide bonds. The van der Waals surface area contributed by atoms with Gasteiger partial charge in [0.2, 0.25) is 0 Å². The SMILES string of the molecule is Nc1[nH]ncc1-c1ccc2sc(C3CC3)nc2c1. The molecule has 2 aromatic heterocycles. The summed E-state index contributed by atoms with van der Waals surface area (Å²) in [6.45, 7) is 0. The largest absolute Gasteiger partial charge is 0.384 e. The van der Waals surface area contributed by atoms with Crippen LogP contribution in [0.15, 0.2) is 24.4 Å². The van der Waals surface area contributed by atoms with E-state index in [1.54, 1.807) is 6.20 Å². The number of thiazole rings is 1. The lowest BCUT2D eigenvalue weighted by Crippen LogP contribution is -1.87. The van der Waals surface area contributed by atoms with Gasteiger partial charge in [-0.1, -0.05) is 6.07 Å². The fraction of sp³-hybridized carbons (Fsp3) is 0.231. The zero-order valence-corrected chi connectivity index (χ0v) is 10.5. The summed E-state index contributed by atoms with van der Waals surface area (Å²) < 4.78 is 1.25. The van der Waals surface area contributed by atoms with Gasteiger partial charge in [-0.05, 0) is 30.5 Å². The Balaban J connectivity index is 1.85. The molecule has 4 nitrogen and oxygen atoms in total. The summed E-state index contributed by atoms with van der Waals surface area (Å²) in [6.07, 6.45) is 4.34. The molecular weight excluding hydrogens is 244 g/mol. The number of aromatic nitrogens is 3. The van der Waals surface area contributed by atoms with Crippen LogP contribution in [-0.4, -0.2) is 15.2 Å². The summed E-state index contributed by atoms with van der Waals surface area (Å²) >= 11 is 1.81. The van der Waals surface area contributed by atoms with Crippen LogP contribution in [0.25, 0.3) is 21.3 Å².